The topological polar surface area (TPSA) is 206 Å². The van der Waals surface area contributed by atoms with Gasteiger partial charge in [0, 0.05) is 12.6 Å². The number of aliphatic hydroxyl groups is 2. The molecule has 1 aromatic heterocycles. The van der Waals surface area contributed by atoms with E-state index in [4.69, 9.17) is 25.5 Å². The van der Waals surface area contributed by atoms with Crippen molar-refractivity contribution >= 4 is 25.6 Å². The Morgan fingerprint density at radius 1 is 1.50 bits per heavy atom. The number of ether oxygens (including phenoxy) is 2. The number of carboxylic acids is 1. The van der Waals surface area contributed by atoms with Crippen LogP contribution in [-0.2, 0) is 24.7 Å². The maximum Gasteiger partial charge on any atom is 0.351 e. The molecule has 0 unspecified atom stereocenters. The zero-order valence-electron chi connectivity index (χ0n) is 14.9. The maximum absolute atomic E-state index is 12.1. The van der Waals surface area contributed by atoms with Gasteiger partial charge in [0.2, 0.25) is 0 Å². The minimum Gasteiger partial charge on any atom is -0.481 e. The van der Waals surface area contributed by atoms with E-state index >= 15 is 0 Å². The van der Waals surface area contributed by atoms with E-state index in [1.165, 1.54) is 20.1 Å². The Kier molecular flexibility index (Phi) is 6.74. The van der Waals surface area contributed by atoms with Crippen LogP contribution in [0.3, 0.4) is 0 Å². The summed E-state index contributed by atoms with van der Waals surface area (Å²) < 4.78 is 11.4. The van der Waals surface area contributed by atoms with Gasteiger partial charge in [-0.05, 0) is 12.5 Å². The molecule has 0 saturated carbocycles. The molecule has 0 spiro atoms. The molecular weight excluding hydrogens is 379 g/mol. The average molecular weight is 400 g/mol. The summed E-state index contributed by atoms with van der Waals surface area (Å²) in [5, 5.41) is 37.9. The Labute approximate surface area is 159 Å². The summed E-state index contributed by atoms with van der Waals surface area (Å²) >= 11 is 0. The molecule has 13 nitrogen and oxygen atoms in total. The summed E-state index contributed by atoms with van der Waals surface area (Å²) in [5.41, 5.74) is 4.64. The van der Waals surface area contributed by atoms with Crippen molar-refractivity contribution in [3.05, 3.63) is 22.7 Å². The highest BCUT2D eigenvalue weighted by atomic mass is 16.6. The summed E-state index contributed by atoms with van der Waals surface area (Å²) in [5.74, 6) is -2.13. The fourth-order valence-electron chi connectivity index (χ4n) is 2.77. The molecule has 1 fully saturated rings. The monoisotopic (exact) mass is 400 g/mol. The lowest BCUT2D eigenvalue weighted by Crippen LogP contribution is -2.51. The van der Waals surface area contributed by atoms with Crippen LogP contribution in [-0.4, -0.2) is 80.8 Å². The Balaban J connectivity index is 2.06. The number of hydrogen-bond acceptors (Lipinski definition) is 11. The zero-order chi connectivity index (χ0) is 21.1. The van der Waals surface area contributed by atoms with Crippen molar-refractivity contribution < 1.29 is 39.6 Å². The van der Waals surface area contributed by atoms with E-state index in [1.807, 2.05) is 0 Å². The minimum atomic E-state index is -1.72. The highest BCUT2D eigenvalue weighted by Gasteiger charge is 2.53. The molecule has 154 valence electrons. The van der Waals surface area contributed by atoms with Crippen molar-refractivity contribution in [2.24, 2.45) is 5.73 Å². The largest absolute Gasteiger partial charge is 0.481 e. The second-order valence-corrected chi connectivity index (χ2v) is 6.39. The van der Waals surface area contributed by atoms with Crippen LogP contribution in [0.1, 0.15) is 12.8 Å². The Bertz CT molecular complexity index is 790. The molecule has 2 rings (SSSR count). The first-order chi connectivity index (χ1) is 13.1. The fourth-order valence-corrected chi connectivity index (χ4v) is 2.77. The SMILES string of the molecule is B[C@@]1(n2ccc(NO)nc2=O)O[C@H](COC(=O)[C@H](N)CCC(=O)O)[C@@H](O)[C@H]1O. The van der Waals surface area contributed by atoms with Crippen molar-refractivity contribution in [2.75, 3.05) is 12.1 Å². The number of carbonyl (C=O) groups excluding carboxylic acids is 1. The molecule has 0 aromatic carbocycles. The number of anilines is 1. The molecule has 14 heteroatoms. The molecule has 0 amide bonds. The number of aliphatic hydroxyl groups excluding tert-OH is 2. The molecule has 1 aromatic rings. The number of hydrogen-bond donors (Lipinski definition) is 6. The second kappa shape index (κ2) is 8.66. The van der Waals surface area contributed by atoms with E-state index in [0.717, 1.165) is 4.57 Å². The molecule has 0 radical (unpaired) electrons. The van der Waals surface area contributed by atoms with Crippen molar-refractivity contribution in [1.82, 2.24) is 9.55 Å². The summed E-state index contributed by atoms with van der Waals surface area (Å²) in [6, 6.07) is 0.0699. The quantitative estimate of drug-likeness (QED) is 0.141. The Hall–Kier alpha value is -2.52. The van der Waals surface area contributed by atoms with Gasteiger partial charge in [0.15, 0.2) is 13.7 Å². The van der Waals surface area contributed by atoms with Gasteiger partial charge < -0.3 is 30.5 Å². The lowest BCUT2D eigenvalue weighted by atomic mass is 9.84. The van der Waals surface area contributed by atoms with E-state index in [2.05, 4.69) is 4.98 Å². The number of rotatable bonds is 8. The van der Waals surface area contributed by atoms with Crippen LogP contribution in [0.25, 0.3) is 0 Å². The van der Waals surface area contributed by atoms with Crippen molar-refractivity contribution in [3.63, 3.8) is 0 Å². The number of aliphatic carboxylic acids is 1. The predicted octanol–water partition coefficient (Wildman–Crippen LogP) is -3.86. The fraction of sp³-hybridized carbons (Fsp3) is 0.571. The molecule has 0 aliphatic carbocycles. The van der Waals surface area contributed by atoms with Gasteiger partial charge in [-0.15, -0.1) is 0 Å². The van der Waals surface area contributed by atoms with Gasteiger partial charge >= 0.3 is 17.6 Å². The van der Waals surface area contributed by atoms with Gasteiger partial charge in [0.1, 0.15) is 36.6 Å². The Morgan fingerprint density at radius 2 is 2.18 bits per heavy atom. The van der Waals surface area contributed by atoms with Gasteiger partial charge in [-0.2, -0.15) is 4.98 Å². The van der Waals surface area contributed by atoms with E-state index < -0.39 is 54.2 Å². The number of nitrogens with one attached hydrogen (secondary N) is 1. The minimum absolute atomic E-state index is 0.126. The summed E-state index contributed by atoms with van der Waals surface area (Å²) in [6.45, 7) is -0.480. The van der Waals surface area contributed by atoms with Crippen LogP contribution in [0, 0.1) is 0 Å². The van der Waals surface area contributed by atoms with Crippen molar-refractivity contribution in [2.45, 2.75) is 42.8 Å². The first-order valence-electron chi connectivity index (χ1n) is 8.28. The second-order valence-electron chi connectivity index (χ2n) is 6.39. The van der Waals surface area contributed by atoms with Gasteiger partial charge in [-0.25, -0.2) is 4.79 Å². The van der Waals surface area contributed by atoms with E-state index in [-0.39, 0.29) is 18.7 Å². The third-order valence-electron chi connectivity index (χ3n) is 4.40. The average Bonchev–Trinajstić information content (AvgIpc) is 2.88. The molecule has 2 heterocycles. The predicted molar refractivity (Wildman–Crippen MR) is 93.1 cm³/mol. The van der Waals surface area contributed by atoms with Crippen LogP contribution in [0.15, 0.2) is 17.1 Å². The summed E-state index contributed by atoms with van der Waals surface area (Å²) in [4.78, 5) is 38.0. The van der Waals surface area contributed by atoms with E-state index in [9.17, 15) is 24.6 Å². The van der Waals surface area contributed by atoms with E-state index in [1.54, 1.807) is 5.48 Å². The molecule has 28 heavy (non-hydrogen) atoms. The zero-order valence-corrected chi connectivity index (χ0v) is 14.9. The molecule has 5 atom stereocenters. The number of carbonyl (C=O) groups is 2. The van der Waals surface area contributed by atoms with Crippen LogP contribution >= 0.6 is 0 Å². The molecule has 1 aliphatic rings. The van der Waals surface area contributed by atoms with Gasteiger partial charge in [-0.1, -0.05) is 0 Å². The number of nitrogens with two attached hydrogens (primary N) is 1. The highest BCUT2D eigenvalue weighted by Crippen LogP contribution is 2.32. The lowest BCUT2D eigenvalue weighted by Gasteiger charge is -2.30. The van der Waals surface area contributed by atoms with Gasteiger partial charge in [0.05, 0.1) is 0 Å². The third-order valence-corrected chi connectivity index (χ3v) is 4.40. The number of nitrogens with zero attached hydrogens (tertiary/aromatic N) is 2. The maximum atomic E-state index is 12.1. The molecule has 0 bridgehead atoms. The van der Waals surface area contributed by atoms with Crippen molar-refractivity contribution in [3.8, 4) is 0 Å². The lowest BCUT2D eigenvalue weighted by molar-refractivity contribution is -0.153. The standard InChI is InChI=1S/C14H21BN4O9/c15-14(19-4-3-8(18-26)17-13(19)25)11(23)10(22)7(28-14)5-27-12(24)6(16)1-2-9(20)21/h3-4,6-7,10-11,22-23,26H,1-2,5,15-16H2,(H,20,21)(H,17,18,25)/t6-,7-,10-,11-,14+/m1/s1. The van der Waals surface area contributed by atoms with Gasteiger partial charge in [-0.3, -0.25) is 24.8 Å². The number of carboxylic acid groups (broad SMARTS) is 1. The molecular formula is C14H21BN4O9. The molecule has 1 saturated heterocycles. The van der Waals surface area contributed by atoms with Crippen LogP contribution < -0.4 is 16.9 Å². The summed E-state index contributed by atoms with van der Waals surface area (Å²) in [6.07, 6.45) is -3.50. The molecule has 1 aliphatic heterocycles. The number of aromatic nitrogens is 2. The van der Waals surface area contributed by atoms with Crippen LogP contribution in [0.2, 0.25) is 0 Å². The summed E-state index contributed by atoms with van der Waals surface area (Å²) in [7, 11) is 1.33. The molecule has 7 N–H and O–H groups in total. The van der Waals surface area contributed by atoms with Crippen LogP contribution in [0.4, 0.5) is 5.82 Å². The van der Waals surface area contributed by atoms with Crippen molar-refractivity contribution in [1.29, 1.82) is 0 Å². The highest BCUT2D eigenvalue weighted by molar-refractivity contribution is 6.13. The first-order valence-corrected chi connectivity index (χ1v) is 8.28. The smallest absolute Gasteiger partial charge is 0.351 e. The van der Waals surface area contributed by atoms with E-state index in [0.29, 0.717) is 0 Å². The van der Waals surface area contributed by atoms with Gasteiger partial charge in [0.25, 0.3) is 0 Å². The number of esters is 1. The normalized spacial score (nSPS) is 27.9. The first kappa shape index (κ1) is 21.8. The Morgan fingerprint density at radius 3 is 2.75 bits per heavy atom. The third kappa shape index (κ3) is 4.48. The van der Waals surface area contributed by atoms with Crippen LogP contribution in [0.5, 0.6) is 0 Å².